The van der Waals surface area contributed by atoms with Crippen molar-refractivity contribution < 1.29 is 14.6 Å². The summed E-state index contributed by atoms with van der Waals surface area (Å²) >= 11 is 8.45. The predicted octanol–water partition coefficient (Wildman–Crippen LogP) is 2.79. The number of aliphatic hydroxyl groups is 1. The first-order chi connectivity index (χ1) is 9.11. The van der Waals surface area contributed by atoms with Gasteiger partial charge in [-0.05, 0) is 22.4 Å². The highest BCUT2D eigenvalue weighted by Crippen LogP contribution is 2.28. The molecule has 0 spiro atoms. The van der Waals surface area contributed by atoms with Gasteiger partial charge in [0.15, 0.2) is 15.2 Å². The maximum absolute atomic E-state index is 11.4. The minimum atomic E-state index is -0.629. The summed E-state index contributed by atoms with van der Waals surface area (Å²) in [6.07, 6.45) is -0.629. The van der Waals surface area contributed by atoms with Crippen molar-refractivity contribution in [2.45, 2.75) is 6.10 Å². The molecule has 0 aliphatic rings. The first-order valence-electron chi connectivity index (χ1n) is 5.30. The van der Waals surface area contributed by atoms with E-state index in [1.165, 1.54) is 18.4 Å². The summed E-state index contributed by atoms with van der Waals surface area (Å²) in [6, 6.07) is 1.85. The fraction of sp³-hybridized carbons (Fsp3) is 0.273. The number of hydrogen-bond acceptors (Lipinski definition) is 7. The number of carbonyl (C=O) groups is 1. The fourth-order valence-corrected chi connectivity index (χ4v) is 3.18. The number of aromatic nitrogens is 1. The molecule has 0 amide bonds. The van der Waals surface area contributed by atoms with Crippen molar-refractivity contribution in [1.29, 1.82) is 0 Å². The van der Waals surface area contributed by atoms with Crippen LogP contribution in [0.1, 0.15) is 21.3 Å². The topological polar surface area (TPSA) is 71.5 Å². The average Bonchev–Trinajstić information content (AvgIpc) is 3.04. The van der Waals surface area contributed by atoms with Crippen LogP contribution < -0.4 is 5.32 Å². The summed E-state index contributed by atoms with van der Waals surface area (Å²) < 4.78 is 4.59. The Kier molecular flexibility index (Phi) is 4.76. The summed E-state index contributed by atoms with van der Waals surface area (Å²) in [5.41, 5.74) is 0.841. The van der Waals surface area contributed by atoms with Crippen LogP contribution in [0.2, 0.25) is 5.15 Å². The molecule has 2 heterocycles. The number of aliphatic hydroxyl groups excluding tert-OH is 1. The summed E-state index contributed by atoms with van der Waals surface area (Å²) in [5, 5.41) is 17.2. The summed E-state index contributed by atoms with van der Waals surface area (Å²) in [7, 11) is 1.28. The molecule has 0 saturated carbocycles. The van der Waals surface area contributed by atoms with Crippen LogP contribution in [0, 0.1) is 0 Å². The third-order valence-corrected chi connectivity index (χ3v) is 4.41. The number of methoxy groups -OCH3 is 1. The zero-order valence-electron chi connectivity index (χ0n) is 9.92. The number of nitrogens with one attached hydrogen (secondary N) is 1. The van der Waals surface area contributed by atoms with Crippen molar-refractivity contribution in [3.05, 3.63) is 32.4 Å². The number of halogens is 1. The second kappa shape index (κ2) is 6.33. The minimum absolute atomic E-state index is 0.101. The number of ether oxygens (including phenoxy) is 1. The molecular formula is C11H11ClN2O3S2. The van der Waals surface area contributed by atoms with E-state index in [1.54, 1.807) is 0 Å². The first kappa shape index (κ1) is 14.3. The van der Waals surface area contributed by atoms with Crippen LogP contribution in [-0.2, 0) is 4.74 Å². The monoisotopic (exact) mass is 318 g/mol. The highest BCUT2D eigenvalue weighted by Gasteiger charge is 2.17. The lowest BCUT2D eigenvalue weighted by Crippen LogP contribution is -2.11. The van der Waals surface area contributed by atoms with E-state index in [2.05, 4.69) is 15.0 Å². The van der Waals surface area contributed by atoms with E-state index >= 15 is 0 Å². The lowest BCUT2D eigenvalue weighted by Gasteiger charge is -2.08. The van der Waals surface area contributed by atoms with E-state index < -0.39 is 12.1 Å². The third kappa shape index (κ3) is 3.44. The molecular weight excluding hydrogens is 308 g/mol. The van der Waals surface area contributed by atoms with Crippen LogP contribution in [0.3, 0.4) is 0 Å². The van der Waals surface area contributed by atoms with Gasteiger partial charge in [-0.25, -0.2) is 9.78 Å². The summed E-state index contributed by atoms with van der Waals surface area (Å²) in [5.74, 6) is -0.520. The van der Waals surface area contributed by atoms with Gasteiger partial charge in [-0.2, -0.15) is 11.3 Å². The number of hydrogen-bond donors (Lipinski definition) is 2. The molecule has 19 heavy (non-hydrogen) atoms. The van der Waals surface area contributed by atoms with Gasteiger partial charge >= 0.3 is 5.97 Å². The van der Waals surface area contributed by atoms with Crippen molar-refractivity contribution in [3.63, 3.8) is 0 Å². The third-order valence-electron chi connectivity index (χ3n) is 2.33. The van der Waals surface area contributed by atoms with E-state index in [0.717, 1.165) is 16.9 Å². The van der Waals surface area contributed by atoms with Crippen molar-refractivity contribution >= 4 is 45.4 Å². The molecule has 1 atom stereocenters. The second-order valence-electron chi connectivity index (χ2n) is 3.58. The largest absolute Gasteiger partial charge is 0.465 e. The average molecular weight is 319 g/mol. The number of esters is 1. The molecule has 8 heteroatoms. The van der Waals surface area contributed by atoms with Gasteiger partial charge in [-0.1, -0.05) is 22.9 Å². The van der Waals surface area contributed by atoms with Gasteiger partial charge in [-0.3, -0.25) is 0 Å². The van der Waals surface area contributed by atoms with Crippen molar-refractivity contribution in [2.24, 2.45) is 0 Å². The second-order valence-corrected chi connectivity index (χ2v) is 5.72. The van der Waals surface area contributed by atoms with Crippen molar-refractivity contribution in [1.82, 2.24) is 4.98 Å². The molecule has 0 radical (unpaired) electrons. The maximum atomic E-state index is 11.4. The molecule has 0 aliphatic heterocycles. The van der Waals surface area contributed by atoms with Gasteiger partial charge in [0.2, 0.25) is 0 Å². The van der Waals surface area contributed by atoms with Gasteiger partial charge in [0.25, 0.3) is 0 Å². The van der Waals surface area contributed by atoms with Crippen LogP contribution >= 0.6 is 34.3 Å². The molecule has 2 aromatic heterocycles. The van der Waals surface area contributed by atoms with Crippen LogP contribution in [0.15, 0.2) is 16.8 Å². The molecule has 0 fully saturated rings. The Balaban J connectivity index is 1.98. The molecule has 1 unspecified atom stereocenters. The van der Waals surface area contributed by atoms with Crippen molar-refractivity contribution in [3.8, 4) is 0 Å². The molecule has 102 valence electrons. The lowest BCUT2D eigenvalue weighted by atomic mass is 10.2. The van der Waals surface area contributed by atoms with Crippen molar-refractivity contribution in [2.75, 3.05) is 19.0 Å². The van der Waals surface area contributed by atoms with E-state index in [4.69, 9.17) is 11.6 Å². The Bertz CT molecular complexity index is 556. The molecule has 0 aromatic carbocycles. The Morgan fingerprint density at radius 2 is 2.47 bits per heavy atom. The molecule has 2 rings (SSSR count). The highest BCUT2D eigenvalue weighted by molar-refractivity contribution is 7.18. The standard InChI is InChI=1S/C11H11ClN2O3S2/c1-17-10(16)8-9(12)14-11(19-8)13-4-7(15)6-2-3-18-5-6/h2-3,5,7,15H,4H2,1H3,(H,13,14). The Labute approximate surface area is 122 Å². The Hall–Kier alpha value is -1.15. The SMILES string of the molecule is COC(=O)c1sc(NCC(O)c2ccsc2)nc1Cl. The molecule has 0 saturated heterocycles. The van der Waals surface area contributed by atoms with Crippen LogP contribution in [-0.4, -0.2) is 29.7 Å². The zero-order chi connectivity index (χ0) is 13.8. The fourth-order valence-electron chi connectivity index (χ4n) is 1.36. The number of nitrogens with zero attached hydrogens (tertiary/aromatic N) is 1. The first-order valence-corrected chi connectivity index (χ1v) is 7.44. The molecule has 0 aliphatic carbocycles. The van der Waals surface area contributed by atoms with Gasteiger partial charge in [-0.15, -0.1) is 0 Å². The van der Waals surface area contributed by atoms with E-state index in [-0.39, 0.29) is 10.0 Å². The number of carbonyl (C=O) groups excluding carboxylic acids is 1. The highest BCUT2D eigenvalue weighted by atomic mass is 35.5. The minimum Gasteiger partial charge on any atom is -0.465 e. The lowest BCUT2D eigenvalue weighted by molar-refractivity contribution is 0.0606. The van der Waals surface area contributed by atoms with Gasteiger partial charge in [0.1, 0.15) is 0 Å². The van der Waals surface area contributed by atoms with E-state index in [0.29, 0.717) is 11.7 Å². The van der Waals surface area contributed by atoms with E-state index in [9.17, 15) is 9.90 Å². The molecule has 2 N–H and O–H groups in total. The summed E-state index contributed by atoms with van der Waals surface area (Å²) in [6.45, 7) is 0.293. The normalized spacial score (nSPS) is 12.2. The number of rotatable bonds is 5. The van der Waals surface area contributed by atoms with E-state index in [1.807, 2.05) is 16.8 Å². The summed E-state index contributed by atoms with van der Waals surface area (Å²) in [4.78, 5) is 15.6. The van der Waals surface area contributed by atoms with Crippen LogP contribution in [0.25, 0.3) is 0 Å². The quantitative estimate of drug-likeness (QED) is 0.829. The number of thiazole rings is 1. The smallest absolute Gasteiger partial charge is 0.351 e. The number of thiophene rings is 1. The zero-order valence-corrected chi connectivity index (χ0v) is 12.3. The Morgan fingerprint density at radius 3 is 3.11 bits per heavy atom. The predicted molar refractivity (Wildman–Crippen MR) is 76.2 cm³/mol. The Morgan fingerprint density at radius 1 is 1.68 bits per heavy atom. The number of anilines is 1. The van der Waals surface area contributed by atoms with Crippen LogP contribution in [0.4, 0.5) is 5.13 Å². The molecule has 2 aromatic rings. The molecule has 5 nitrogen and oxygen atoms in total. The van der Waals surface area contributed by atoms with Gasteiger partial charge in [0.05, 0.1) is 13.2 Å². The molecule has 0 bridgehead atoms. The van der Waals surface area contributed by atoms with Gasteiger partial charge in [0, 0.05) is 6.54 Å². The van der Waals surface area contributed by atoms with Crippen LogP contribution in [0.5, 0.6) is 0 Å². The maximum Gasteiger partial charge on any atom is 0.351 e. The van der Waals surface area contributed by atoms with Gasteiger partial charge < -0.3 is 15.2 Å².